The number of benzene rings is 1. The third-order valence-electron chi connectivity index (χ3n) is 3.56. The zero-order valence-corrected chi connectivity index (χ0v) is 13.6. The molecule has 0 radical (unpaired) electrons. The van der Waals surface area contributed by atoms with Crippen molar-refractivity contribution in [3.8, 4) is 0 Å². The lowest BCUT2D eigenvalue weighted by atomic mass is 9.94. The molecular weight excluding hydrogens is 347 g/mol. The minimum absolute atomic E-state index is 0. The summed E-state index contributed by atoms with van der Waals surface area (Å²) in [5.74, 6) is -0.264. The highest BCUT2D eigenvalue weighted by Crippen LogP contribution is 2.25. The predicted octanol–water partition coefficient (Wildman–Crippen LogP) is 3.21. The summed E-state index contributed by atoms with van der Waals surface area (Å²) in [6, 6.07) is 4.60. The second-order valence-electron chi connectivity index (χ2n) is 4.93. The molecule has 0 aromatic heterocycles. The molecule has 0 aliphatic carbocycles. The van der Waals surface area contributed by atoms with Crippen molar-refractivity contribution < 1.29 is 9.18 Å². The Balaban J connectivity index is 0.00000200. The molecule has 3 nitrogen and oxygen atoms in total. The summed E-state index contributed by atoms with van der Waals surface area (Å²) in [5, 5.41) is 0. The molecule has 1 fully saturated rings. The van der Waals surface area contributed by atoms with Crippen molar-refractivity contribution >= 4 is 34.2 Å². The number of nitrogens with zero attached hydrogens (tertiary/aromatic N) is 1. The van der Waals surface area contributed by atoms with Crippen LogP contribution in [-0.2, 0) is 0 Å². The molecule has 1 atom stereocenters. The molecule has 0 saturated carbocycles. The maximum Gasteiger partial charge on any atom is 0.257 e. The Kier molecular flexibility index (Phi) is 6.92. The van der Waals surface area contributed by atoms with Gasteiger partial charge in [-0.05, 0) is 59.8 Å². The van der Waals surface area contributed by atoms with Gasteiger partial charge in [0, 0.05) is 17.6 Å². The normalized spacial score (nSPS) is 18.6. The van der Waals surface area contributed by atoms with Crippen molar-refractivity contribution in [1.82, 2.24) is 4.90 Å². The van der Waals surface area contributed by atoms with Gasteiger partial charge in [-0.2, -0.15) is 0 Å². The molecule has 1 aliphatic rings. The Morgan fingerprint density at radius 1 is 1.50 bits per heavy atom. The van der Waals surface area contributed by atoms with Crippen LogP contribution >= 0.6 is 28.3 Å². The summed E-state index contributed by atoms with van der Waals surface area (Å²) in [6.45, 7) is 2.01. The van der Waals surface area contributed by atoms with Crippen LogP contribution in [0.1, 0.15) is 29.6 Å². The molecule has 1 saturated heterocycles. The van der Waals surface area contributed by atoms with Crippen molar-refractivity contribution in [2.45, 2.75) is 19.3 Å². The van der Waals surface area contributed by atoms with E-state index in [1.807, 2.05) is 0 Å². The van der Waals surface area contributed by atoms with Crippen LogP contribution in [0.3, 0.4) is 0 Å². The molecule has 1 unspecified atom stereocenters. The third-order valence-corrected chi connectivity index (χ3v) is 4.22. The van der Waals surface area contributed by atoms with Crippen LogP contribution in [-0.4, -0.2) is 30.4 Å². The highest BCUT2D eigenvalue weighted by Gasteiger charge is 2.26. The lowest BCUT2D eigenvalue weighted by Crippen LogP contribution is -2.40. The first-order valence-electron chi connectivity index (χ1n) is 6.57. The molecule has 1 amide bonds. The second kappa shape index (κ2) is 7.96. The van der Waals surface area contributed by atoms with E-state index in [-0.39, 0.29) is 23.9 Å². The molecular formula is C14H19BrClFN2O. The maximum atomic E-state index is 13.8. The minimum Gasteiger partial charge on any atom is -0.338 e. The topological polar surface area (TPSA) is 46.3 Å². The number of carbonyl (C=O) groups excluding carboxylic acids is 1. The van der Waals surface area contributed by atoms with Crippen molar-refractivity contribution in [2.24, 2.45) is 11.7 Å². The minimum atomic E-state index is -0.472. The van der Waals surface area contributed by atoms with Crippen LogP contribution in [0.5, 0.6) is 0 Å². The van der Waals surface area contributed by atoms with Crippen LogP contribution in [0.2, 0.25) is 0 Å². The predicted molar refractivity (Wildman–Crippen MR) is 83.6 cm³/mol. The van der Waals surface area contributed by atoms with E-state index in [1.54, 1.807) is 17.0 Å². The van der Waals surface area contributed by atoms with Crippen LogP contribution in [0.4, 0.5) is 4.39 Å². The molecule has 2 rings (SSSR count). The molecule has 1 heterocycles. The summed E-state index contributed by atoms with van der Waals surface area (Å²) in [6.07, 6.45) is 2.98. The van der Waals surface area contributed by atoms with E-state index in [9.17, 15) is 9.18 Å². The van der Waals surface area contributed by atoms with E-state index in [4.69, 9.17) is 5.73 Å². The maximum absolute atomic E-state index is 13.8. The number of amides is 1. The van der Waals surface area contributed by atoms with Crippen LogP contribution < -0.4 is 5.73 Å². The number of hydrogen-bond donors (Lipinski definition) is 1. The number of carbonyl (C=O) groups is 1. The highest BCUT2D eigenvalue weighted by molar-refractivity contribution is 9.10. The number of likely N-dealkylation sites (tertiary alicyclic amines) is 1. The van der Waals surface area contributed by atoms with E-state index < -0.39 is 5.82 Å². The van der Waals surface area contributed by atoms with Crippen molar-refractivity contribution in [1.29, 1.82) is 0 Å². The fourth-order valence-electron chi connectivity index (χ4n) is 2.58. The van der Waals surface area contributed by atoms with Crippen molar-refractivity contribution in [3.63, 3.8) is 0 Å². The molecule has 0 bridgehead atoms. The molecule has 1 aromatic carbocycles. The number of rotatable bonds is 3. The average Bonchev–Trinajstić information content (AvgIpc) is 2.39. The summed E-state index contributed by atoms with van der Waals surface area (Å²) < 4.78 is 14.3. The zero-order valence-electron chi connectivity index (χ0n) is 11.1. The van der Waals surface area contributed by atoms with Gasteiger partial charge in [-0.15, -0.1) is 12.4 Å². The first-order chi connectivity index (χ1) is 9.13. The van der Waals surface area contributed by atoms with Gasteiger partial charge in [-0.1, -0.05) is 6.07 Å². The van der Waals surface area contributed by atoms with E-state index in [2.05, 4.69) is 15.9 Å². The lowest BCUT2D eigenvalue weighted by molar-refractivity contribution is 0.0664. The van der Waals surface area contributed by atoms with Crippen LogP contribution in [0.25, 0.3) is 0 Å². The van der Waals surface area contributed by atoms with Gasteiger partial charge in [0.15, 0.2) is 0 Å². The number of piperidine rings is 1. The zero-order chi connectivity index (χ0) is 13.8. The Morgan fingerprint density at radius 2 is 2.25 bits per heavy atom. The van der Waals surface area contributed by atoms with Gasteiger partial charge < -0.3 is 10.6 Å². The monoisotopic (exact) mass is 364 g/mol. The summed E-state index contributed by atoms with van der Waals surface area (Å²) in [7, 11) is 0. The molecule has 2 N–H and O–H groups in total. The van der Waals surface area contributed by atoms with Gasteiger partial charge in [-0.3, -0.25) is 4.79 Å². The van der Waals surface area contributed by atoms with Gasteiger partial charge in [0.25, 0.3) is 5.91 Å². The van der Waals surface area contributed by atoms with Gasteiger partial charge in [0.05, 0.1) is 5.56 Å². The SMILES string of the molecule is Cl.NCCC1CCCN(C(=O)c2c(F)cccc2Br)C1. The highest BCUT2D eigenvalue weighted by atomic mass is 79.9. The molecule has 20 heavy (non-hydrogen) atoms. The molecule has 6 heteroatoms. The number of halogens is 3. The Hall–Kier alpha value is -0.650. The molecule has 1 aromatic rings. The molecule has 112 valence electrons. The van der Waals surface area contributed by atoms with E-state index in [0.29, 0.717) is 30.0 Å². The van der Waals surface area contributed by atoms with Crippen LogP contribution in [0, 0.1) is 11.7 Å². The first-order valence-corrected chi connectivity index (χ1v) is 7.36. The Bertz CT molecular complexity index is 450. The summed E-state index contributed by atoms with van der Waals surface area (Å²) in [5.41, 5.74) is 5.70. The van der Waals surface area contributed by atoms with Crippen molar-refractivity contribution in [2.75, 3.05) is 19.6 Å². The molecule has 1 aliphatic heterocycles. The number of nitrogens with two attached hydrogens (primary N) is 1. The Labute approximate surface area is 133 Å². The number of hydrogen-bond acceptors (Lipinski definition) is 2. The van der Waals surface area contributed by atoms with Gasteiger partial charge in [-0.25, -0.2) is 4.39 Å². The average molecular weight is 366 g/mol. The van der Waals surface area contributed by atoms with E-state index >= 15 is 0 Å². The van der Waals surface area contributed by atoms with Gasteiger partial charge >= 0.3 is 0 Å². The van der Waals surface area contributed by atoms with Gasteiger partial charge in [0.2, 0.25) is 0 Å². The first kappa shape index (κ1) is 17.4. The summed E-state index contributed by atoms with van der Waals surface area (Å²) in [4.78, 5) is 14.2. The second-order valence-corrected chi connectivity index (χ2v) is 5.79. The van der Waals surface area contributed by atoms with Crippen LogP contribution in [0.15, 0.2) is 22.7 Å². The third kappa shape index (κ3) is 3.93. The largest absolute Gasteiger partial charge is 0.338 e. The van der Waals surface area contributed by atoms with Gasteiger partial charge in [0.1, 0.15) is 5.82 Å². The standard InChI is InChI=1S/C14H18BrFN2O.ClH/c15-11-4-1-5-12(16)13(11)14(19)18-8-2-3-10(9-18)6-7-17;/h1,4-5,10H,2-3,6-9,17H2;1H. The quantitative estimate of drug-likeness (QED) is 0.894. The van der Waals surface area contributed by atoms with Crippen molar-refractivity contribution in [3.05, 3.63) is 34.1 Å². The summed E-state index contributed by atoms with van der Waals surface area (Å²) >= 11 is 3.25. The fourth-order valence-corrected chi connectivity index (χ4v) is 3.09. The fraction of sp³-hybridized carbons (Fsp3) is 0.500. The lowest BCUT2D eigenvalue weighted by Gasteiger charge is -2.33. The molecule has 0 spiro atoms. The Morgan fingerprint density at radius 3 is 2.90 bits per heavy atom. The van der Waals surface area contributed by atoms with E-state index in [0.717, 1.165) is 19.3 Å². The smallest absolute Gasteiger partial charge is 0.257 e. The van der Waals surface area contributed by atoms with E-state index in [1.165, 1.54) is 6.07 Å².